The van der Waals surface area contributed by atoms with Crippen LogP contribution in [0, 0.1) is 0 Å². The number of carbonyl (C=O) groups excluding carboxylic acids is 1. The average molecular weight is 269 g/mol. The molecule has 0 aromatic heterocycles. The van der Waals surface area contributed by atoms with Crippen LogP contribution in [-0.4, -0.2) is 39.7 Å². The number of rotatable bonds is 3. The maximum atomic E-state index is 11.8. The van der Waals surface area contributed by atoms with Crippen molar-refractivity contribution < 1.29 is 14.6 Å². The van der Waals surface area contributed by atoms with E-state index in [0.29, 0.717) is 0 Å². The summed E-state index contributed by atoms with van der Waals surface area (Å²) in [6.07, 6.45) is 2.33. The molecule has 0 bridgehead atoms. The van der Waals surface area contributed by atoms with Gasteiger partial charge >= 0.3 is 5.97 Å². The lowest BCUT2D eigenvalue weighted by Crippen LogP contribution is -2.62. The smallest absolute Gasteiger partial charge is 0.337 e. The van der Waals surface area contributed by atoms with Gasteiger partial charge < -0.3 is 9.84 Å². The van der Waals surface area contributed by atoms with E-state index in [0.717, 1.165) is 25.6 Å². The number of hydrogen-bond donors (Lipinski definition) is 1. The number of esters is 1. The molecule has 0 aliphatic carbocycles. The van der Waals surface area contributed by atoms with Crippen LogP contribution in [0.15, 0.2) is 11.8 Å². The molecule has 1 aliphatic heterocycles. The number of nitrogens with zero attached hydrogens (tertiary/aromatic N) is 1. The van der Waals surface area contributed by atoms with Crippen molar-refractivity contribution in [2.45, 2.75) is 71.6 Å². The zero-order valence-corrected chi connectivity index (χ0v) is 13.0. The highest BCUT2D eigenvalue weighted by atomic mass is 16.5. The average Bonchev–Trinajstić information content (AvgIpc) is 2.24. The van der Waals surface area contributed by atoms with Crippen LogP contribution in [0.25, 0.3) is 0 Å². The second-order valence-electron chi connectivity index (χ2n) is 6.62. The van der Waals surface area contributed by atoms with Crippen LogP contribution < -0.4 is 0 Å². The molecule has 0 aromatic rings. The molecule has 1 fully saturated rings. The summed E-state index contributed by atoms with van der Waals surface area (Å²) in [5, 5.41) is 8.85. The van der Waals surface area contributed by atoms with Gasteiger partial charge in [-0.15, -0.1) is 0 Å². The standard InChI is InChI=1S/C15H27NO3/c1-7-16-14(3,4)8-12(9-15(16,5)6)19-13(18)11(2)10-17/h10,12,17H,7-9H2,1-6H3. The summed E-state index contributed by atoms with van der Waals surface area (Å²) in [7, 11) is 0. The molecule has 1 saturated heterocycles. The van der Waals surface area contributed by atoms with E-state index in [2.05, 4.69) is 39.5 Å². The van der Waals surface area contributed by atoms with Crippen molar-refractivity contribution in [3.63, 3.8) is 0 Å². The van der Waals surface area contributed by atoms with Gasteiger partial charge in [0, 0.05) is 23.9 Å². The largest absolute Gasteiger partial charge is 0.515 e. The molecule has 4 nitrogen and oxygen atoms in total. The highest BCUT2D eigenvalue weighted by Crippen LogP contribution is 2.39. The molecule has 1 aliphatic rings. The van der Waals surface area contributed by atoms with E-state index in [1.54, 1.807) is 6.92 Å². The monoisotopic (exact) mass is 269 g/mol. The minimum atomic E-state index is -0.427. The molecule has 0 unspecified atom stereocenters. The molecule has 1 N–H and O–H groups in total. The summed E-state index contributed by atoms with van der Waals surface area (Å²) in [5.74, 6) is -0.427. The third-order valence-corrected chi connectivity index (χ3v) is 4.02. The van der Waals surface area contributed by atoms with Crippen molar-refractivity contribution in [3.05, 3.63) is 11.8 Å². The Labute approximate surface area is 116 Å². The van der Waals surface area contributed by atoms with E-state index in [-0.39, 0.29) is 22.8 Å². The topological polar surface area (TPSA) is 49.8 Å². The van der Waals surface area contributed by atoms with Crippen molar-refractivity contribution >= 4 is 5.97 Å². The van der Waals surface area contributed by atoms with Gasteiger partial charge in [0.2, 0.25) is 0 Å². The Hall–Kier alpha value is -1.03. The molecule has 0 amide bonds. The summed E-state index contributed by atoms with van der Waals surface area (Å²) in [6, 6.07) is 0. The summed E-state index contributed by atoms with van der Waals surface area (Å²) < 4.78 is 5.51. The minimum absolute atomic E-state index is 0.00171. The Morgan fingerprint density at radius 3 is 2.16 bits per heavy atom. The first kappa shape index (κ1) is 16.0. The lowest BCUT2D eigenvalue weighted by molar-refractivity contribution is -0.155. The summed E-state index contributed by atoms with van der Waals surface area (Å²) in [4.78, 5) is 14.2. The number of aliphatic hydroxyl groups excluding tert-OH is 1. The Kier molecular flexibility index (Phi) is 4.67. The van der Waals surface area contributed by atoms with Crippen molar-refractivity contribution in [1.82, 2.24) is 4.90 Å². The van der Waals surface area contributed by atoms with E-state index in [1.807, 2.05) is 0 Å². The third-order valence-electron chi connectivity index (χ3n) is 4.02. The lowest BCUT2D eigenvalue weighted by atomic mass is 9.78. The molecule has 4 heteroatoms. The van der Waals surface area contributed by atoms with Crippen molar-refractivity contribution in [3.8, 4) is 0 Å². The number of piperidine rings is 1. The fraction of sp³-hybridized carbons (Fsp3) is 0.800. The van der Waals surface area contributed by atoms with E-state index < -0.39 is 5.97 Å². The molecule has 1 rings (SSSR count). The van der Waals surface area contributed by atoms with Gasteiger partial charge in [0.25, 0.3) is 0 Å². The number of aliphatic hydroxyl groups is 1. The molecule has 0 atom stereocenters. The lowest BCUT2D eigenvalue weighted by Gasteiger charge is -2.54. The van der Waals surface area contributed by atoms with E-state index in [4.69, 9.17) is 9.84 Å². The second-order valence-corrected chi connectivity index (χ2v) is 6.62. The summed E-state index contributed by atoms with van der Waals surface area (Å²) in [6.45, 7) is 13.4. The number of carbonyl (C=O) groups is 1. The van der Waals surface area contributed by atoms with Gasteiger partial charge in [0.15, 0.2) is 0 Å². The highest BCUT2D eigenvalue weighted by molar-refractivity contribution is 5.87. The van der Waals surface area contributed by atoms with Gasteiger partial charge in [-0.1, -0.05) is 6.92 Å². The number of hydrogen-bond acceptors (Lipinski definition) is 4. The molecular formula is C15H27NO3. The summed E-state index contributed by atoms with van der Waals surface area (Å²) in [5.41, 5.74) is 0.241. The maximum absolute atomic E-state index is 11.8. The first-order valence-corrected chi connectivity index (χ1v) is 6.93. The molecule has 1 heterocycles. The van der Waals surface area contributed by atoms with E-state index in [9.17, 15) is 4.79 Å². The summed E-state index contributed by atoms with van der Waals surface area (Å²) >= 11 is 0. The second kappa shape index (κ2) is 5.53. The molecule has 110 valence electrons. The predicted octanol–water partition coefficient (Wildman–Crippen LogP) is 3.03. The fourth-order valence-electron chi connectivity index (χ4n) is 3.46. The van der Waals surface area contributed by atoms with Gasteiger partial charge in [0.05, 0.1) is 11.8 Å². The Morgan fingerprint density at radius 2 is 1.79 bits per heavy atom. The predicted molar refractivity (Wildman–Crippen MR) is 76.0 cm³/mol. The zero-order valence-electron chi connectivity index (χ0n) is 13.0. The Morgan fingerprint density at radius 1 is 1.32 bits per heavy atom. The molecule has 0 saturated carbocycles. The van der Waals surface area contributed by atoms with Crippen LogP contribution in [0.2, 0.25) is 0 Å². The van der Waals surface area contributed by atoms with E-state index >= 15 is 0 Å². The Bertz CT molecular complexity index is 354. The Balaban J connectivity index is 2.83. The molecular weight excluding hydrogens is 242 g/mol. The van der Waals surface area contributed by atoms with Gasteiger partial charge in [-0.25, -0.2) is 4.79 Å². The maximum Gasteiger partial charge on any atom is 0.337 e. The molecule has 0 radical (unpaired) electrons. The number of likely N-dealkylation sites (tertiary alicyclic amines) is 1. The van der Waals surface area contributed by atoms with Gasteiger partial charge in [0.1, 0.15) is 6.10 Å². The van der Waals surface area contributed by atoms with Gasteiger partial charge in [-0.2, -0.15) is 0 Å². The van der Waals surface area contributed by atoms with Crippen LogP contribution in [0.3, 0.4) is 0 Å². The molecule has 0 spiro atoms. The SMILES string of the molecule is CCN1C(C)(C)CC(OC(=O)C(C)=CO)CC1(C)C. The van der Waals surface area contributed by atoms with E-state index in [1.165, 1.54) is 0 Å². The first-order valence-electron chi connectivity index (χ1n) is 6.93. The number of ether oxygens (including phenoxy) is 1. The van der Waals surface area contributed by atoms with Crippen LogP contribution in [-0.2, 0) is 9.53 Å². The fourth-order valence-corrected chi connectivity index (χ4v) is 3.46. The van der Waals surface area contributed by atoms with Crippen molar-refractivity contribution in [1.29, 1.82) is 0 Å². The minimum Gasteiger partial charge on any atom is -0.515 e. The van der Waals surface area contributed by atoms with Crippen LogP contribution in [0.1, 0.15) is 54.4 Å². The zero-order chi connectivity index (χ0) is 14.8. The quantitative estimate of drug-likeness (QED) is 0.486. The van der Waals surface area contributed by atoms with Crippen molar-refractivity contribution in [2.75, 3.05) is 6.54 Å². The van der Waals surface area contributed by atoms with Crippen LogP contribution in [0.4, 0.5) is 0 Å². The normalized spacial score (nSPS) is 24.2. The van der Waals surface area contributed by atoms with Gasteiger partial charge in [-0.3, -0.25) is 4.90 Å². The van der Waals surface area contributed by atoms with Gasteiger partial charge in [-0.05, 0) is 41.2 Å². The van der Waals surface area contributed by atoms with Crippen molar-refractivity contribution in [2.24, 2.45) is 0 Å². The third kappa shape index (κ3) is 3.50. The first-order chi connectivity index (χ1) is 8.64. The van der Waals surface area contributed by atoms with Crippen LogP contribution >= 0.6 is 0 Å². The highest BCUT2D eigenvalue weighted by Gasteiger charge is 2.45. The van der Waals surface area contributed by atoms with Crippen LogP contribution in [0.5, 0.6) is 0 Å². The molecule has 19 heavy (non-hydrogen) atoms. The molecule has 0 aromatic carbocycles.